The van der Waals surface area contributed by atoms with Crippen molar-refractivity contribution in [2.45, 2.75) is 40.2 Å². The van der Waals surface area contributed by atoms with Crippen LogP contribution in [0.2, 0.25) is 0 Å². The Bertz CT molecular complexity index is 825. The Balaban J connectivity index is 1.77. The van der Waals surface area contributed by atoms with Crippen molar-refractivity contribution >= 4 is 21.6 Å². The van der Waals surface area contributed by atoms with Gasteiger partial charge in [0.05, 0.1) is 17.5 Å². The third kappa shape index (κ3) is 2.51. The smallest absolute Gasteiger partial charge is 0.271 e. The van der Waals surface area contributed by atoms with E-state index in [2.05, 4.69) is 10.1 Å². The number of hydrogen-bond donors (Lipinski definition) is 0. The van der Waals surface area contributed by atoms with E-state index < -0.39 is 0 Å². The van der Waals surface area contributed by atoms with Crippen molar-refractivity contribution in [2.75, 3.05) is 0 Å². The van der Waals surface area contributed by atoms with Gasteiger partial charge in [-0.1, -0.05) is 5.16 Å². The first-order valence-corrected chi connectivity index (χ1v) is 7.81. The zero-order valence-electron chi connectivity index (χ0n) is 12.3. The van der Waals surface area contributed by atoms with E-state index >= 15 is 0 Å². The van der Waals surface area contributed by atoms with Gasteiger partial charge in [-0.25, -0.2) is 4.98 Å². The van der Waals surface area contributed by atoms with Crippen LogP contribution in [-0.4, -0.2) is 14.7 Å². The fraction of sp³-hybridized carbons (Fsp3) is 0.400. The Kier molecular flexibility index (Phi) is 3.63. The quantitative estimate of drug-likeness (QED) is 0.743. The summed E-state index contributed by atoms with van der Waals surface area (Å²) < 4.78 is 7.59. The van der Waals surface area contributed by atoms with Crippen molar-refractivity contribution in [1.82, 2.24) is 14.7 Å². The third-order valence-corrected chi connectivity index (χ3v) is 4.81. The lowest BCUT2D eigenvalue weighted by Gasteiger charge is -2.05. The van der Waals surface area contributed by atoms with Crippen LogP contribution in [0.1, 0.15) is 29.0 Å². The molecule has 0 spiro atoms. The SMILES string of the molecule is Cc1noc(C)c1CCCn1cnc2c(C)csc2c1=O. The summed E-state index contributed by atoms with van der Waals surface area (Å²) in [5, 5.41) is 5.93. The summed E-state index contributed by atoms with van der Waals surface area (Å²) in [6.45, 7) is 6.50. The molecule has 0 aromatic carbocycles. The molecule has 0 bridgehead atoms. The molecule has 0 fully saturated rings. The van der Waals surface area contributed by atoms with Crippen LogP contribution in [0.15, 0.2) is 21.0 Å². The van der Waals surface area contributed by atoms with Crippen LogP contribution in [0.25, 0.3) is 10.2 Å². The molecule has 3 rings (SSSR count). The molecule has 0 radical (unpaired) electrons. The third-order valence-electron chi connectivity index (χ3n) is 3.73. The van der Waals surface area contributed by atoms with Crippen molar-refractivity contribution in [3.63, 3.8) is 0 Å². The molecule has 21 heavy (non-hydrogen) atoms. The van der Waals surface area contributed by atoms with Crippen LogP contribution in [0.5, 0.6) is 0 Å². The highest BCUT2D eigenvalue weighted by Crippen LogP contribution is 2.19. The maximum absolute atomic E-state index is 12.4. The van der Waals surface area contributed by atoms with Crippen molar-refractivity contribution in [1.29, 1.82) is 0 Å². The van der Waals surface area contributed by atoms with E-state index in [0.29, 0.717) is 6.54 Å². The molecule has 0 saturated heterocycles. The van der Waals surface area contributed by atoms with Gasteiger partial charge >= 0.3 is 0 Å². The first kappa shape index (κ1) is 14.0. The van der Waals surface area contributed by atoms with E-state index in [0.717, 1.165) is 45.6 Å². The van der Waals surface area contributed by atoms with Crippen LogP contribution >= 0.6 is 11.3 Å². The number of aromatic nitrogens is 3. The van der Waals surface area contributed by atoms with Crippen molar-refractivity contribution in [3.8, 4) is 0 Å². The Labute approximate surface area is 126 Å². The molecule has 6 heteroatoms. The molecule has 0 saturated carbocycles. The molecule has 0 aliphatic rings. The van der Waals surface area contributed by atoms with Crippen molar-refractivity contribution in [3.05, 3.63) is 44.6 Å². The molecule has 0 amide bonds. The van der Waals surface area contributed by atoms with E-state index in [1.54, 1.807) is 10.9 Å². The highest BCUT2D eigenvalue weighted by atomic mass is 32.1. The van der Waals surface area contributed by atoms with Crippen molar-refractivity contribution in [2.24, 2.45) is 0 Å². The van der Waals surface area contributed by atoms with Crippen LogP contribution < -0.4 is 5.56 Å². The number of fused-ring (bicyclic) bond motifs is 1. The maximum Gasteiger partial charge on any atom is 0.271 e. The standard InChI is InChI=1S/C15H17N3O2S/c1-9-7-21-14-13(9)16-8-18(15(14)19)6-4-5-12-10(2)17-20-11(12)3/h7-8H,4-6H2,1-3H3. The Morgan fingerprint density at radius 2 is 2.14 bits per heavy atom. The lowest BCUT2D eigenvalue weighted by atomic mass is 10.1. The summed E-state index contributed by atoms with van der Waals surface area (Å²) in [4.78, 5) is 16.8. The zero-order chi connectivity index (χ0) is 15.0. The van der Waals surface area contributed by atoms with Gasteiger partial charge in [-0.05, 0) is 44.6 Å². The predicted octanol–water partition coefficient (Wildman–Crippen LogP) is 3.00. The maximum atomic E-state index is 12.4. The Morgan fingerprint density at radius 1 is 1.33 bits per heavy atom. The molecule has 0 unspecified atom stereocenters. The number of rotatable bonds is 4. The first-order chi connectivity index (χ1) is 10.1. The van der Waals surface area contributed by atoms with Crippen LogP contribution in [0.3, 0.4) is 0 Å². The fourth-order valence-corrected chi connectivity index (χ4v) is 3.45. The number of thiophene rings is 1. The summed E-state index contributed by atoms with van der Waals surface area (Å²) in [6, 6.07) is 0. The molecule has 0 atom stereocenters. The van der Waals surface area contributed by atoms with E-state index in [-0.39, 0.29) is 5.56 Å². The van der Waals surface area contributed by atoms with Gasteiger partial charge < -0.3 is 4.52 Å². The highest BCUT2D eigenvalue weighted by Gasteiger charge is 2.10. The van der Waals surface area contributed by atoms with Gasteiger partial charge in [0, 0.05) is 12.1 Å². The zero-order valence-corrected chi connectivity index (χ0v) is 13.2. The lowest BCUT2D eigenvalue weighted by Crippen LogP contribution is -2.20. The molecule has 5 nitrogen and oxygen atoms in total. The monoisotopic (exact) mass is 303 g/mol. The minimum absolute atomic E-state index is 0.0527. The van der Waals surface area contributed by atoms with Crippen LogP contribution in [0.4, 0.5) is 0 Å². The molecule has 0 aliphatic carbocycles. The molecular formula is C15H17N3O2S. The second-order valence-corrected chi connectivity index (χ2v) is 6.13. The predicted molar refractivity (Wildman–Crippen MR) is 82.9 cm³/mol. The average Bonchev–Trinajstić information content (AvgIpc) is 2.99. The van der Waals surface area contributed by atoms with Gasteiger partial charge in [-0.15, -0.1) is 11.3 Å². The molecular weight excluding hydrogens is 286 g/mol. The Hall–Kier alpha value is -1.95. The van der Waals surface area contributed by atoms with Crippen molar-refractivity contribution < 1.29 is 4.52 Å². The second kappa shape index (κ2) is 5.44. The average molecular weight is 303 g/mol. The van der Waals surface area contributed by atoms with Gasteiger partial charge in [0.2, 0.25) is 0 Å². The van der Waals surface area contributed by atoms with Crippen LogP contribution in [0, 0.1) is 20.8 Å². The van der Waals surface area contributed by atoms with Gasteiger partial charge in [0.15, 0.2) is 0 Å². The second-order valence-electron chi connectivity index (χ2n) is 5.25. The fourth-order valence-electron chi connectivity index (χ4n) is 2.50. The number of nitrogens with zero attached hydrogens (tertiary/aromatic N) is 3. The summed E-state index contributed by atoms with van der Waals surface area (Å²) in [5.41, 5.74) is 4.02. The van der Waals surface area contributed by atoms with Crippen LogP contribution in [-0.2, 0) is 13.0 Å². The van der Waals surface area contributed by atoms with E-state index in [9.17, 15) is 4.79 Å². The topological polar surface area (TPSA) is 60.9 Å². The summed E-state index contributed by atoms with van der Waals surface area (Å²) in [6.07, 6.45) is 3.37. The van der Waals surface area contributed by atoms with E-state index in [4.69, 9.17) is 4.52 Å². The summed E-state index contributed by atoms with van der Waals surface area (Å²) in [5.74, 6) is 0.863. The Morgan fingerprint density at radius 3 is 2.86 bits per heavy atom. The van der Waals surface area contributed by atoms with Gasteiger partial charge in [0.25, 0.3) is 5.56 Å². The summed E-state index contributed by atoms with van der Waals surface area (Å²) in [7, 11) is 0. The molecule has 3 aromatic heterocycles. The van der Waals surface area contributed by atoms with E-state index in [1.165, 1.54) is 11.3 Å². The van der Waals surface area contributed by atoms with Gasteiger partial charge in [0.1, 0.15) is 10.5 Å². The minimum atomic E-state index is 0.0527. The van der Waals surface area contributed by atoms with Gasteiger partial charge in [-0.2, -0.15) is 0 Å². The normalized spacial score (nSPS) is 11.4. The minimum Gasteiger partial charge on any atom is -0.361 e. The molecule has 3 aromatic rings. The lowest BCUT2D eigenvalue weighted by molar-refractivity contribution is 0.392. The summed E-state index contributed by atoms with van der Waals surface area (Å²) >= 11 is 1.47. The largest absolute Gasteiger partial charge is 0.361 e. The van der Waals surface area contributed by atoms with E-state index in [1.807, 2.05) is 26.2 Å². The highest BCUT2D eigenvalue weighted by molar-refractivity contribution is 7.17. The molecule has 0 aliphatic heterocycles. The van der Waals surface area contributed by atoms with Gasteiger partial charge in [-0.3, -0.25) is 9.36 Å². The molecule has 110 valence electrons. The number of aryl methyl sites for hydroxylation is 4. The number of hydrogen-bond acceptors (Lipinski definition) is 5. The molecule has 0 N–H and O–H groups in total. The first-order valence-electron chi connectivity index (χ1n) is 6.93. The molecule has 3 heterocycles.